The Kier molecular flexibility index (Phi) is 4.33. The molecule has 0 fully saturated rings. The summed E-state index contributed by atoms with van der Waals surface area (Å²) in [5.74, 6) is 0.221. The number of ketones is 1. The van der Waals surface area contributed by atoms with Gasteiger partial charge in [-0.25, -0.2) is 0 Å². The smallest absolute Gasteiger partial charge is 0.221 e. The van der Waals surface area contributed by atoms with Gasteiger partial charge >= 0.3 is 0 Å². The topological polar surface area (TPSA) is 30.2 Å². The van der Waals surface area contributed by atoms with E-state index in [0.29, 0.717) is 10.8 Å². The molecule has 0 aliphatic heterocycles. The van der Waals surface area contributed by atoms with Gasteiger partial charge in [-0.2, -0.15) is 0 Å². The largest absolute Gasteiger partial charge is 0.460 e. The van der Waals surface area contributed by atoms with E-state index in [9.17, 15) is 4.79 Å². The minimum absolute atomic E-state index is 0.0596. The Bertz CT molecular complexity index is 909. The second-order valence-corrected chi connectivity index (χ2v) is 7.30. The van der Waals surface area contributed by atoms with E-state index >= 15 is 0 Å². The molecule has 24 heavy (non-hydrogen) atoms. The van der Waals surface area contributed by atoms with Crippen LogP contribution in [0.5, 0.6) is 0 Å². The van der Waals surface area contributed by atoms with Crippen LogP contribution in [0.3, 0.4) is 0 Å². The maximum atomic E-state index is 12.4. The zero-order valence-electron chi connectivity index (χ0n) is 14.0. The van der Waals surface area contributed by atoms with Gasteiger partial charge in [-0.05, 0) is 40.8 Å². The fraction of sp³-hybridized carbons (Fsp3) is 0.190. The van der Waals surface area contributed by atoms with Gasteiger partial charge < -0.3 is 4.42 Å². The number of furan rings is 1. The maximum absolute atomic E-state index is 12.4. The van der Waals surface area contributed by atoms with Crippen LogP contribution in [0.4, 0.5) is 0 Å². The van der Waals surface area contributed by atoms with Crippen LogP contribution in [0.1, 0.15) is 42.5 Å². The van der Waals surface area contributed by atoms with Crippen LogP contribution in [-0.2, 0) is 5.41 Å². The molecule has 0 radical (unpaired) electrons. The van der Waals surface area contributed by atoms with Gasteiger partial charge in [0.15, 0.2) is 5.76 Å². The number of carbonyl (C=O) groups is 1. The first-order valence-electron chi connectivity index (χ1n) is 7.84. The van der Waals surface area contributed by atoms with Gasteiger partial charge in [0.25, 0.3) is 0 Å². The van der Waals surface area contributed by atoms with E-state index in [4.69, 9.17) is 16.0 Å². The Morgan fingerprint density at radius 1 is 1.08 bits per heavy atom. The highest BCUT2D eigenvalue weighted by atomic mass is 35.5. The lowest BCUT2D eigenvalue weighted by atomic mass is 9.86. The number of hydrogen-bond acceptors (Lipinski definition) is 2. The molecule has 122 valence electrons. The number of halogens is 1. The van der Waals surface area contributed by atoms with Gasteiger partial charge in [0, 0.05) is 15.8 Å². The summed E-state index contributed by atoms with van der Waals surface area (Å²) >= 11 is 5.86. The van der Waals surface area contributed by atoms with Crippen LogP contribution in [0, 0.1) is 0 Å². The number of benzene rings is 2. The summed E-state index contributed by atoms with van der Waals surface area (Å²) < 4.78 is 5.53. The van der Waals surface area contributed by atoms with Crippen LogP contribution in [-0.4, -0.2) is 5.78 Å². The SMILES string of the molecule is CC(C)(C)c1ccc2c(C(=O)C=Cc3ccc(Cl)cc3)occ2c1. The number of hydrogen-bond donors (Lipinski definition) is 0. The summed E-state index contributed by atoms with van der Waals surface area (Å²) in [5, 5.41) is 2.46. The normalized spacial score (nSPS) is 12.2. The number of carbonyl (C=O) groups excluding carboxylic acids is 1. The zero-order chi connectivity index (χ0) is 17.3. The molecule has 0 N–H and O–H groups in total. The highest BCUT2D eigenvalue weighted by Gasteiger charge is 2.17. The first-order valence-corrected chi connectivity index (χ1v) is 8.22. The molecular formula is C21H19ClO2. The van der Waals surface area contributed by atoms with Crippen molar-refractivity contribution >= 4 is 34.2 Å². The highest BCUT2D eigenvalue weighted by molar-refractivity contribution is 6.30. The lowest BCUT2D eigenvalue weighted by molar-refractivity contribution is 0.102. The minimum Gasteiger partial charge on any atom is -0.460 e. The average molecular weight is 339 g/mol. The molecule has 0 spiro atoms. The molecule has 0 saturated heterocycles. The lowest BCUT2D eigenvalue weighted by Crippen LogP contribution is -2.10. The molecule has 3 heteroatoms. The molecule has 0 unspecified atom stereocenters. The molecule has 0 bridgehead atoms. The highest BCUT2D eigenvalue weighted by Crippen LogP contribution is 2.29. The molecule has 2 nitrogen and oxygen atoms in total. The Labute approximate surface area is 146 Å². The molecule has 0 saturated carbocycles. The fourth-order valence-electron chi connectivity index (χ4n) is 2.53. The van der Waals surface area contributed by atoms with Gasteiger partial charge in [0.1, 0.15) is 0 Å². The number of rotatable bonds is 3. The van der Waals surface area contributed by atoms with Crippen molar-refractivity contribution in [2.24, 2.45) is 0 Å². The molecule has 3 aromatic rings. The third-order valence-corrected chi connectivity index (χ3v) is 4.24. The van der Waals surface area contributed by atoms with Crippen molar-refractivity contribution in [2.75, 3.05) is 0 Å². The quantitative estimate of drug-likeness (QED) is 0.415. The van der Waals surface area contributed by atoms with Crippen LogP contribution in [0.15, 0.2) is 59.2 Å². The van der Waals surface area contributed by atoms with Crippen LogP contribution >= 0.6 is 11.6 Å². The van der Waals surface area contributed by atoms with E-state index in [2.05, 4.69) is 32.9 Å². The standard InChI is InChI=1S/C21H19ClO2/c1-21(2,3)16-7-10-18-15(12-16)13-24-20(18)19(23)11-6-14-4-8-17(22)9-5-14/h4-13H,1-3H3. The zero-order valence-corrected chi connectivity index (χ0v) is 14.7. The summed E-state index contributed by atoms with van der Waals surface area (Å²) in [6, 6.07) is 13.4. The summed E-state index contributed by atoms with van der Waals surface area (Å²) in [7, 11) is 0. The van der Waals surface area contributed by atoms with E-state index in [1.54, 1.807) is 24.5 Å². The van der Waals surface area contributed by atoms with E-state index in [1.165, 1.54) is 11.6 Å². The molecule has 3 rings (SSSR count). The van der Waals surface area contributed by atoms with Crippen molar-refractivity contribution in [3.8, 4) is 0 Å². The molecule has 2 aromatic carbocycles. The third kappa shape index (κ3) is 3.44. The van der Waals surface area contributed by atoms with Crippen molar-refractivity contribution in [3.05, 3.63) is 76.7 Å². The summed E-state index contributed by atoms with van der Waals surface area (Å²) in [6.45, 7) is 6.49. The van der Waals surface area contributed by atoms with Crippen LogP contribution in [0.25, 0.3) is 16.8 Å². The molecule has 1 aromatic heterocycles. The van der Waals surface area contributed by atoms with Crippen LogP contribution < -0.4 is 0 Å². The summed E-state index contributed by atoms with van der Waals surface area (Å²) in [4.78, 5) is 12.4. The van der Waals surface area contributed by atoms with E-state index in [0.717, 1.165) is 16.3 Å². The second kappa shape index (κ2) is 6.29. The van der Waals surface area contributed by atoms with Gasteiger partial charge in [-0.3, -0.25) is 4.79 Å². The molecule has 0 atom stereocenters. The van der Waals surface area contributed by atoms with E-state index < -0.39 is 0 Å². The van der Waals surface area contributed by atoms with E-state index in [-0.39, 0.29) is 11.2 Å². The molecule has 0 amide bonds. The minimum atomic E-state index is -0.150. The number of allylic oxidation sites excluding steroid dienone is 1. The monoisotopic (exact) mass is 338 g/mol. The second-order valence-electron chi connectivity index (χ2n) is 6.87. The molecule has 1 heterocycles. The Balaban J connectivity index is 1.89. The van der Waals surface area contributed by atoms with Crippen molar-refractivity contribution in [2.45, 2.75) is 26.2 Å². The molecular weight excluding hydrogens is 320 g/mol. The average Bonchev–Trinajstić information content (AvgIpc) is 2.96. The number of fused-ring (bicyclic) bond motifs is 1. The predicted molar refractivity (Wildman–Crippen MR) is 99.7 cm³/mol. The Hall–Kier alpha value is -2.32. The Morgan fingerprint density at radius 3 is 2.46 bits per heavy atom. The van der Waals surface area contributed by atoms with Gasteiger partial charge in [-0.15, -0.1) is 0 Å². The lowest BCUT2D eigenvalue weighted by Gasteiger charge is -2.18. The van der Waals surface area contributed by atoms with Gasteiger partial charge in [-0.1, -0.05) is 62.7 Å². The molecule has 0 aliphatic carbocycles. The van der Waals surface area contributed by atoms with Gasteiger partial charge in [0.05, 0.1) is 6.26 Å². The van der Waals surface area contributed by atoms with Crippen molar-refractivity contribution < 1.29 is 9.21 Å². The first-order chi connectivity index (χ1) is 11.3. The summed E-state index contributed by atoms with van der Waals surface area (Å²) in [5.41, 5.74) is 2.19. The Morgan fingerprint density at radius 2 is 1.79 bits per heavy atom. The summed E-state index contributed by atoms with van der Waals surface area (Å²) in [6.07, 6.45) is 4.93. The van der Waals surface area contributed by atoms with Crippen molar-refractivity contribution in [3.63, 3.8) is 0 Å². The van der Waals surface area contributed by atoms with Crippen LogP contribution in [0.2, 0.25) is 5.02 Å². The van der Waals surface area contributed by atoms with Gasteiger partial charge in [0.2, 0.25) is 5.78 Å². The van der Waals surface area contributed by atoms with Crippen molar-refractivity contribution in [1.82, 2.24) is 0 Å². The third-order valence-electron chi connectivity index (χ3n) is 3.99. The van der Waals surface area contributed by atoms with E-state index in [1.807, 2.05) is 18.2 Å². The first kappa shape index (κ1) is 16.5. The van der Waals surface area contributed by atoms with Crippen molar-refractivity contribution in [1.29, 1.82) is 0 Å². The predicted octanol–water partition coefficient (Wildman–Crippen LogP) is 6.28. The fourth-order valence-corrected chi connectivity index (χ4v) is 2.66. The molecule has 0 aliphatic rings. The maximum Gasteiger partial charge on any atom is 0.221 e.